The number of hydrogen-bond acceptors (Lipinski definition) is 2. The van der Waals surface area contributed by atoms with E-state index in [0.717, 1.165) is 12.3 Å². The third-order valence-electron chi connectivity index (χ3n) is 2.95. The molecular weight excluding hydrogens is 204 g/mol. The van der Waals surface area contributed by atoms with Crippen molar-refractivity contribution in [2.45, 2.75) is 46.1 Å². The first-order valence-electron chi connectivity index (χ1n) is 5.84. The van der Waals surface area contributed by atoms with Gasteiger partial charge in [0.1, 0.15) is 0 Å². The molecule has 1 aromatic rings. The smallest absolute Gasteiger partial charge is 0.0489 e. The van der Waals surface area contributed by atoms with Crippen LogP contribution in [0.2, 0.25) is 0 Å². The maximum absolute atomic E-state index is 4.54. The normalized spacial score (nSPS) is 11.9. The van der Waals surface area contributed by atoms with Gasteiger partial charge < -0.3 is 0 Å². The Morgan fingerprint density at radius 2 is 1.93 bits per heavy atom. The number of aromatic nitrogens is 2. The van der Waals surface area contributed by atoms with Gasteiger partial charge in [0.2, 0.25) is 0 Å². The second-order valence-corrected chi connectivity index (χ2v) is 4.68. The monoisotopic (exact) mass is 226 g/mol. The minimum Gasteiger partial charge on any atom is -0.272 e. The van der Waals surface area contributed by atoms with Crippen LogP contribution in [0.5, 0.6) is 0 Å². The maximum Gasteiger partial charge on any atom is 0.0489 e. The van der Waals surface area contributed by atoms with Gasteiger partial charge in [-0.15, -0.1) is 0 Å². The van der Waals surface area contributed by atoms with E-state index < -0.39 is 0 Å². The van der Waals surface area contributed by atoms with Crippen molar-refractivity contribution in [3.05, 3.63) is 18.5 Å². The van der Waals surface area contributed by atoms with Crippen molar-refractivity contribution >= 4 is 12.6 Å². The molecule has 0 atom stereocenters. The predicted molar refractivity (Wildman–Crippen MR) is 68.3 cm³/mol. The van der Waals surface area contributed by atoms with E-state index in [9.17, 15) is 0 Å². The average Bonchev–Trinajstić information content (AvgIpc) is 2.71. The molecule has 1 aromatic heterocycles. The van der Waals surface area contributed by atoms with Crippen LogP contribution < -0.4 is 0 Å². The third-order valence-corrected chi connectivity index (χ3v) is 3.62. The number of hydrogen-bond donors (Lipinski definition) is 1. The summed E-state index contributed by atoms with van der Waals surface area (Å²) in [6.45, 7) is 5.50. The Morgan fingerprint density at radius 1 is 1.27 bits per heavy atom. The Labute approximate surface area is 98.5 Å². The molecule has 0 spiro atoms. The van der Waals surface area contributed by atoms with E-state index in [1.54, 1.807) is 0 Å². The molecule has 0 unspecified atom stereocenters. The van der Waals surface area contributed by atoms with Crippen LogP contribution in [0.3, 0.4) is 0 Å². The quantitative estimate of drug-likeness (QED) is 0.706. The largest absolute Gasteiger partial charge is 0.272 e. The lowest BCUT2D eigenvalue weighted by Crippen LogP contribution is -2.29. The van der Waals surface area contributed by atoms with Gasteiger partial charge in [0.05, 0.1) is 0 Å². The Morgan fingerprint density at radius 3 is 2.33 bits per heavy atom. The summed E-state index contributed by atoms with van der Waals surface area (Å²) in [6.07, 6.45) is 8.82. The molecular formula is C12H22N2S. The highest BCUT2D eigenvalue weighted by molar-refractivity contribution is 7.80. The first-order valence-corrected chi connectivity index (χ1v) is 6.48. The molecule has 86 valence electrons. The van der Waals surface area contributed by atoms with Gasteiger partial charge >= 0.3 is 0 Å². The van der Waals surface area contributed by atoms with E-state index in [1.807, 2.05) is 23.1 Å². The minimum absolute atomic E-state index is 0.332. The number of nitrogens with zero attached hydrogens (tertiary/aromatic N) is 2. The van der Waals surface area contributed by atoms with E-state index in [4.69, 9.17) is 0 Å². The summed E-state index contributed by atoms with van der Waals surface area (Å²) in [6, 6.07) is 1.99. The number of thiol groups is 1. The van der Waals surface area contributed by atoms with Crippen LogP contribution in [0.15, 0.2) is 18.5 Å². The minimum atomic E-state index is 0.332. The van der Waals surface area contributed by atoms with Crippen LogP contribution in [0.1, 0.15) is 39.5 Å². The molecule has 2 nitrogen and oxygen atoms in total. The molecule has 0 saturated carbocycles. The Kier molecular flexibility index (Phi) is 5.23. The Bertz CT molecular complexity index is 251. The zero-order valence-corrected chi connectivity index (χ0v) is 10.7. The van der Waals surface area contributed by atoms with E-state index in [2.05, 4.69) is 31.6 Å². The van der Waals surface area contributed by atoms with E-state index in [0.29, 0.717) is 5.41 Å². The zero-order chi connectivity index (χ0) is 11.1. The van der Waals surface area contributed by atoms with Crippen molar-refractivity contribution in [1.29, 1.82) is 0 Å². The SMILES string of the molecule is CCCC(CS)(CCC)Cn1cccn1. The predicted octanol–water partition coefficient (Wildman–Crippen LogP) is 3.40. The molecule has 0 aliphatic rings. The Balaban J connectivity index is 2.69. The fourth-order valence-corrected chi connectivity index (χ4v) is 2.71. The van der Waals surface area contributed by atoms with E-state index >= 15 is 0 Å². The molecule has 1 rings (SSSR count). The van der Waals surface area contributed by atoms with Crippen LogP contribution in [0.25, 0.3) is 0 Å². The number of rotatable bonds is 7. The zero-order valence-electron chi connectivity index (χ0n) is 9.82. The van der Waals surface area contributed by atoms with Crippen LogP contribution in [-0.4, -0.2) is 15.5 Å². The fourth-order valence-electron chi connectivity index (χ4n) is 2.29. The lowest BCUT2D eigenvalue weighted by molar-refractivity contribution is 0.222. The average molecular weight is 226 g/mol. The summed E-state index contributed by atoms with van der Waals surface area (Å²) >= 11 is 4.54. The van der Waals surface area contributed by atoms with Crippen LogP contribution in [0.4, 0.5) is 0 Å². The molecule has 0 aliphatic heterocycles. The first kappa shape index (κ1) is 12.6. The fraction of sp³-hybridized carbons (Fsp3) is 0.750. The molecule has 0 aromatic carbocycles. The third kappa shape index (κ3) is 3.56. The van der Waals surface area contributed by atoms with Crippen LogP contribution in [-0.2, 0) is 6.54 Å². The summed E-state index contributed by atoms with van der Waals surface area (Å²) < 4.78 is 2.04. The van der Waals surface area contributed by atoms with Crippen molar-refractivity contribution in [3.8, 4) is 0 Å². The van der Waals surface area contributed by atoms with Gasteiger partial charge in [-0.25, -0.2) is 0 Å². The van der Waals surface area contributed by atoms with Gasteiger partial charge in [0, 0.05) is 18.9 Å². The lowest BCUT2D eigenvalue weighted by atomic mass is 9.81. The second-order valence-electron chi connectivity index (χ2n) is 4.36. The molecule has 0 aliphatic carbocycles. The van der Waals surface area contributed by atoms with E-state index in [1.165, 1.54) is 25.7 Å². The summed E-state index contributed by atoms with van der Waals surface area (Å²) in [4.78, 5) is 0. The van der Waals surface area contributed by atoms with Crippen LogP contribution in [0, 0.1) is 5.41 Å². The van der Waals surface area contributed by atoms with Crippen molar-refractivity contribution in [3.63, 3.8) is 0 Å². The first-order chi connectivity index (χ1) is 7.26. The van der Waals surface area contributed by atoms with E-state index in [-0.39, 0.29) is 0 Å². The van der Waals surface area contributed by atoms with Gasteiger partial charge in [0.15, 0.2) is 0 Å². The molecule has 15 heavy (non-hydrogen) atoms. The molecule has 0 N–H and O–H groups in total. The van der Waals surface area contributed by atoms with Crippen molar-refractivity contribution in [2.75, 3.05) is 5.75 Å². The highest BCUT2D eigenvalue weighted by Gasteiger charge is 2.27. The summed E-state index contributed by atoms with van der Waals surface area (Å²) in [5, 5.41) is 4.30. The molecule has 0 fully saturated rings. The standard InChI is InChI=1S/C12H22N2S/c1-3-6-12(11-15,7-4-2)10-14-9-5-8-13-14/h5,8-9,15H,3-4,6-7,10-11H2,1-2H3. The second kappa shape index (κ2) is 6.21. The summed E-state index contributed by atoms with van der Waals surface area (Å²) in [7, 11) is 0. The summed E-state index contributed by atoms with van der Waals surface area (Å²) in [5.74, 6) is 0.953. The van der Waals surface area contributed by atoms with Crippen molar-refractivity contribution in [1.82, 2.24) is 9.78 Å². The van der Waals surface area contributed by atoms with Gasteiger partial charge in [-0.2, -0.15) is 17.7 Å². The lowest BCUT2D eigenvalue weighted by Gasteiger charge is -2.31. The van der Waals surface area contributed by atoms with Crippen LogP contribution >= 0.6 is 12.6 Å². The molecule has 0 amide bonds. The highest BCUT2D eigenvalue weighted by atomic mass is 32.1. The molecule has 3 heteroatoms. The maximum atomic E-state index is 4.54. The molecule has 0 radical (unpaired) electrons. The van der Waals surface area contributed by atoms with Gasteiger partial charge in [-0.1, -0.05) is 26.7 Å². The van der Waals surface area contributed by atoms with Gasteiger partial charge in [-0.3, -0.25) is 4.68 Å². The molecule has 1 heterocycles. The van der Waals surface area contributed by atoms with Gasteiger partial charge in [0.25, 0.3) is 0 Å². The molecule has 0 bridgehead atoms. The highest BCUT2D eigenvalue weighted by Crippen LogP contribution is 2.32. The van der Waals surface area contributed by atoms with Gasteiger partial charge in [-0.05, 0) is 30.1 Å². The van der Waals surface area contributed by atoms with Crippen molar-refractivity contribution < 1.29 is 0 Å². The summed E-state index contributed by atoms with van der Waals surface area (Å²) in [5.41, 5.74) is 0.332. The van der Waals surface area contributed by atoms with Crippen molar-refractivity contribution in [2.24, 2.45) is 5.41 Å². The Hall–Kier alpha value is -0.440. The topological polar surface area (TPSA) is 17.8 Å². The molecule has 0 saturated heterocycles.